The Hall–Kier alpha value is -1.84. The lowest BCUT2D eigenvalue weighted by molar-refractivity contribution is 0.105. The van der Waals surface area contributed by atoms with E-state index in [1.807, 2.05) is 30.3 Å². The monoisotopic (exact) mass is 341 g/mol. The van der Waals surface area contributed by atoms with E-state index in [-0.39, 0.29) is 6.10 Å². The molecule has 25 heavy (non-hydrogen) atoms. The van der Waals surface area contributed by atoms with E-state index in [9.17, 15) is 5.11 Å². The summed E-state index contributed by atoms with van der Waals surface area (Å²) in [6.07, 6.45) is 1.48. The molecule has 0 bridgehead atoms. The number of aliphatic hydroxyl groups is 1. The Morgan fingerprint density at radius 2 is 1.64 bits per heavy atom. The van der Waals surface area contributed by atoms with Crippen molar-refractivity contribution in [1.82, 2.24) is 4.90 Å². The fraction of sp³-hybridized carbons (Fsp3) is 0.455. The van der Waals surface area contributed by atoms with Crippen LogP contribution in [0.4, 0.5) is 0 Å². The topological polar surface area (TPSA) is 32.7 Å². The Kier molecular flexibility index (Phi) is 7.96. The molecular formula is C22H31NO2. The molecule has 0 amide bonds. The average molecular weight is 341 g/mol. The largest absolute Gasteiger partial charge is 0.497 e. The van der Waals surface area contributed by atoms with Gasteiger partial charge in [0.2, 0.25) is 0 Å². The second-order valence-electron chi connectivity index (χ2n) is 7.11. The third kappa shape index (κ3) is 7.29. The van der Waals surface area contributed by atoms with Crippen molar-refractivity contribution in [1.29, 1.82) is 0 Å². The lowest BCUT2D eigenvalue weighted by Gasteiger charge is -2.26. The predicted molar refractivity (Wildman–Crippen MR) is 104 cm³/mol. The number of aliphatic hydroxyl groups excluding tert-OH is 1. The Bertz CT molecular complexity index is 595. The Balaban J connectivity index is 1.96. The van der Waals surface area contributed by atoms with Gasteiger partial charge in [0.05, 0.1) is 13.2 Å². The van der Waals surface area contributed by atoms with E-state index in [1.165, 1.54) is 11.1 Å². The first kappa shape index (κ1) is 19.5. The molecule has 0 aliphatic rings. The number of rotatable bonds is 10. The van der Waals surface area contributed by atoms with E-state index in [2.05, 4.69) is 43.0 Å². The van der Waals surface area contributed by atoms with Gasteiger partial charge in [-0.3, -0.25) is 4.90 Å². The molecule has 0 aliphatic heterocycles. The van der Waals surface area contributed by atoms with E-state index >= 15 is 0 Å². The quantitative estimate of drug-likeness (QED) is 0.705. The van der Waals surface area contributed by atoms with E-state index < -0.39 is 0 Å². The maximum absolute atomic E-state index is 10.5. The minimum absolute atomic E-state index is 0.354. The molecule has 136 valence electrons. The maximum Gasteiger partial charge on any atom is 0.118 e. The fourth-order valence-electron chi connectivity index (χ4n) is 2.91. The van der Waals surface area contributed by atoms with Crippen LogP contribution in [0.2, 0.25) is 0 Å². The van der Waals surface area contributed by atoms with Gasteiger partial charge in [0.15, 0.2) is 0 Å². The smallest absolute Gasteiger partial charge is 0.118 e. The summed E-state index contributed by atoms with van der Waals surface area (Å²) in [5.41, 5.74) is 2.43. The molecule has 3 heteroatoms. The Morgan fingerprint density at radius 1 is 0.960 bits per heavy atom. The minimum atomic E-state index is -0.354. The van der Waals surface area contributed by atoms with Gasteiger partial charge in [0.25, 0.3) is 0 Å². The van der Waals surface area contributed by atoms with E-state index in [4.69, 9.17) is 4.74 Å². The molecule has 1 unspecified atom stereocenters. The van der Waals surface area contributed by atoms with E-state index in [1.54, 1.807) is 7.11 Å². The third-order valence-corrected chi connectivity index (χ3v) is 4.37. The summed E-state index contributed by atoms with van der Waals surface area (Å²) in [5, 5.41) is 10.5. The van der Waals surface area contributed by atoms with Crippen LogP contribution in [-0.4, -0.2) is 36.3 Å². The second kappa shape index (κ2) is 10.2. The lowest BCUT2D eigenvalue weighted by atomic mass is 10.1. The fourth-order valence-corrected chi connectivity index (χ4v) is 2.91. The lowest BCUT2D eigenvalue weighted by Crippen LogP contribution is -2.34. The summed E-state index contributed by atoms with van der Waals surface area (Å²) < 4.78 is 5.23. The van der Waals surface area contributed by atoms with Crippen LogP contribution in [0.5, 0.6) is 5.75 Å². The molecule has 0 spiro atoms. The van der Waals surface area contributed by atoms with Gasteiger partial charge in [-0.05, 0) is 48.6 Å². The van der Waals surface area contributed by atoms with Crippen LogP contribution in [0, 0.1) is 5.92 Å². The van der Waals surface area contributed by atoms with Crippen molar-refractivity contribution in [3.63, 3.8) is 0 Å². The van der Waals surface area contributed by atoms with Gasteiger partial charge in [0.1, 0.15) is 5.75 Å². The molecule has 3 nitrogen and oxygen atoms in total. The molecule has 0 aromatic heterocycles. The average Bonchev–Trinajstić information content (AvgIpc) is 2.61. The number of benzene rings is 2. The zero-order chi connectivity index (χ0) is 18.1. The van der Waals surface area contributed by atoms with Gasteiger partial charge in [-0.25, -0.2) is 0 Å². The van der Waals surface area contributed by atoms with Crippen molar-refractivity contribution >= 4 is 0 Å². The number of nitrogens with zero attached hydrogens (tertiary/aromatic N) is 1. The predicted octanol–water partition coefficient (Wildman–Crippen LogP) is 4.15. The molecule has 2 rings (SSSR count). The minimum Gasteiger partial charge on any atom is -0.497 e. The highest BCUT2D eigenvalue weighted by atomic mass is 16.5. The van der Waals surface area contributed by atoms with Crippen molar-refractivity contribution in [2.24, 2.45) is 5.92 Å². The molecule has 1 N–H and O–H groups in total. The highest BCUT2D eigenvalue weighted by Crippen LogP contribution is 2.15. The van der Waals surface area contributed by atoms with Gasteiger partial charge in [0, 0.05) is 13.1 Å². The van der Waals surface area contributed by atoms with Gasteiger partial charge in [-0.1, -0.05) is 56.3 Å². The van der Waals surface area contributed by atoms with E-state index in [0.29, 0.717) is 18.9 Å². The van der Waals surface area contributed by atoms with Gasteiger partial charge in [-0.15, -0.1) is 0 Å². The van der Waals surface area contributed by atoms with Gasteiger partial charge >= 0.3 is 0 Å². The molecule has 0 radical (unpaired) electrons. The summed E-state index contributed by atoms with van der Waals surface area (Å²) in [6.45, 7) is 7.02. The number of methoxy groups -OCH3 is 1. The first-order valence-electron chi connectivity index (χ1n) is 9.14. The first-order chi connectivity index (χ1) is 12.1. The number of ether oxygens (including phenoxy) is 1. The SMILES string of the molecule is COc1ccc(CN(CCC(C)C)CC(O)Cc2ccccc2)cc1. The Morgan fingerprint density at radius 3 is 2.24 bits per heavy atom. The normalized spacial score (nSPS) is 12.6. The van der Waals surface area contributed by atoms with Crippen LogP contribution < -0.4 is 4.74 Å². The summed E-state index contributed by atoms with van der Waals surface area (Å²) in [6, 6.07) is 18.4. The van der Waals surface area contributed by atoms with Crippen LogP contribution in [0.1, 0.15) is 31.4 Å². The number of hydrogen-bond donors (Lipinski definition) is 1. The van der Waals surface area contributed by atoms with Gasteiger partial charge in [-0.2, -0.15) is 0 Å². The van der Waals surface area contributed by atoms with Crippen molar-refractivity contribution in [2.45, 2.75) is 39.3 Å². The summed E-state index contributed by atoms with van der Waals surface area (Å²) >= 11 is 0. The second-order valence-corrected chi connectivity index (χ2v) is 7.11. The first-order valence-corrected chi connectivity index (χ1v) is 9.14. The molecule has 0 heterocycles. The molecule has 2 aromatic rings. The van der Waals surface area contributed by atoms with Crippen LogP contribution in [0.3, 0.4) is 0 Å². The summed E-state index contributed by atoms with van der Waals surface area (Å²) in [5.74, 6) is 1.53. The number of hydrogen-bond acceptors (Lipinski definition) is 3. The molecule has 0 fully saturated rings. The van der Waals surface area contributed by atoms with Crippen molar-refractivity contribution in [3.05, 3.63) is 65.7 Å². The van der Waals surface area contributed by atoms with Crippen LogP contribution in [-0.2, 0) is 13.0 Å². The highest BCUT2D eigenvalue weighted by molar-refractivity contribution is 5.27. The third-order valence-electron chi connectivity index (χ3n) is 4.37. The molecular weight excluding hydrogens is 310 g/mol. The van der Waals surface area contributed by atoms with Crippen molar-refractivity contribution in [2.75, 3.05) is 20.2 Å². The van der Waals surface area contributed by atoms with Crippen molar-refractivity contribution < 1.29 is 9.84 Å². The summed E-state index contributed by atoms with van der Waals surface area (Å²) in [7, 11) is 1.68. The molecule has 1 atom stereocenters. The standard InChI is InChI=1S/C22H31NO2/c1-18(2)13-14-23(16-20-9-11-22(25-3)12-10-20)17-21(24)15-19-7-5-4-6-8-19/h4-12,18,21,24H,13-17H2,1-3H3. The van der Waals surface area contributed by atoms with E-state index in [0.717, 1.165) is 25.3 Å². The Labute approximate surface area is 152 Å². The zero-order valence-electron chi connectivity index (χ0n) is 15.7. The molecule has 0 saturated heterocycles. The van der Waals surface area contributed by atoms with Crippen LogP contribution in [0.15, 0.2) is 54.6 Å². The van der Waals surface area contributed by atoms with Crippen LogP contribution >= 0.6 is 0 Å². The zero-order valence-corrected chi connectivity index (χ0v) is 15.7. The molecule has 0 saturated carbocycles. The maximum atomic E-state index is 10.5. The summed E-state index contributed by atoms with van der Waals surface area (Å²) in [4.78, 5) is 2.36. The van der Waals surface area contributed by atoms with Gasteiger partial charge < -0.3 is 9.84 Å². The highest BCUT2D eigenvalue weighted by Gasteiger charge is 2.14. The molecule has 0 aliphatic carbocycles. The van der Waals surface area contributed by atoms with Crippen molar-refractivity contribution in [3.8, 4) is 5.75 Å². The molecule has 2 aromatic carbocycles. The van der Waals surface area contributed by atoms with Crippen LogP contribution in [0.25, 0.3) is 0 Å².